The summed E-state index contributed by atoms with van der Waals surface area (Å²) in [6.07, 6.45) is 5.40. The van der Waals surface area contributed by atoms with Crippen LogP contribution in [-0.4, -0.2) is 65.5 Å². The Labute approximate surface area is 136 Å². The number of thiazole rings is 1. The van der Waals surface area contributed by atoms with E-state index in [4.69, 9.17) is 0 Å². The number of hydrogen-bond acceptors (Lipinski definition) is 5. The molecule has 22 heavy (non-hydrogen) atoms. The lowest BCUT2D eigenvalue weighted by Crippen LogP contribution is -2.54. The van der Waals surface area contributed by atoms with Crippen LogP contribution < -0.4 is 4.90 Å². The van der Waals surface area contributed by atoms with Gasteiger partial charge in [0, 0.05) is 49.8 Å². The van der Waals surface area contributed by atoms with Gasteiger partial charge in [0.25, 0.3) is 0 Å². The highest BCUT2D eigenvalue weighted by atomic mass is 32.1. The van der Waals surface area contributed by atoms with Crippen LogP contribution in [0.1, 0.15) is 33.1 Å². The zero-order valence-corrected chi connectivity index (χ0v) is 14.4. The number of rotatable bonds is 3. The van der Waals surface area contributed by atoms with Gasteiger partial charge < -0.3 is 9.80 Å². The first kappa shape index (κ1) is 15.7. The van der Waals surface area contributed by atoms with Gasteiger partial charge in [-0.2, -0.15) is 0 Å². The molecule has 0 saturated carbocycles. The highest BCUT2D eigenvalue weighted by Crippen LogP contribution is 2.23. The molecular weight excluding hydrogens is 296 g/mol. The molecule has 0 aliphatic carbocycles. The van der Waals surface area contributed by atoms with Gasteiger partial charge in [-0.3, -0.25) is 9.69 Å². The molecular formula is C16H26N4OS. The molecule has 5 nitrogen and oxygen atoms in total. The van der Waals surface area contributed by atoms with Crippen LogP contribution in [0.4, 0.5) is 5.13 Å². The molecule has 1 amide bonds. The average Bonchev–Trinajstić information content (AvgIpc) is 3.02. The minimum atomic E-state index is 0.308. The molecule has 2 atom stereocenters. The van der Waals surface area contributed by atoms with Crippen molar-refractivity contribution in [1.29, 1.82) is 0 Å². The third-order valence-electron chi connectivity index (χ3n) is 4.90. The number of anilines is 1. The first-order valence-electron chi connectivity index (χ1n) is 8.33. The number of aromatic nitrogens is 1. The van der Waals surface area contributed by atoms with Gasteiger partial charge in [0.2, 0.25) is 5.91 Å². The second-order valence-electron chi connectivity index (χ2n) is 6.51. The summed E-state index contributed by atoms with van der Waals surface area (Å²) >= 11 is 1.69. The van der Waals surface area contributed by atoms with Crippen molar-refractivity contribution in [3.63, 3.8) is 0 Å². The van der Waals surface area contributed by atoms with Crippen molar-refractivity contribution in [2.45, 2.75) is 45.2 Å². The molecule has 0 spiro atoms. The molecule has 1 aromatic rings. The van der Waals surface area contributed by atoms with Gasteiger partial charge in [0.1, 0.15) is 0 Å². The number of carbonyl (C=O) groups is 1. The molecule has 0 radical (unpaired) electrons. The van der Waals surface area contributed by atoms with Crippen LogP contribution in [0.2, 0.25) is 0 Å². The predicted molar refractivity (Wildman–Crippen MR) is 90.4 cm³/mol. The standard InChI is InChI=1S/C16H26N4OS/c1-13-4-3-5-14(2)20(13)15(21)12-18-7-9-19(10-8-18)16-17-6-11-22-16/h6,11,13-14H,3-5,7-10,12H2,1-2H3. The fourth-order valence-corrected chi connectivity index (χ4v) is 4.35. The second kappa shape index (κ2) is 6.96. The van der Waals surface area contributed by atoms with Crippen LogP contribution in [0.15, 0.2) is 11.6 Å². The summed E-state index contributed by atoms with van der Waals surface area (Å²) < 4.78 is 0. The van der Waals surface area contributed by atoms with Crippen molar-refractivity contribution < 1.29 is 4.79 Å². The van der Waals surface area contributed by atoms with E-state index in [2.05, 4.69) is 33.5 Å². The molecule has 0 N–H and O–H groups in total. The summed E-state index contributed by atoms with van der Waals surface area (Å²) in [5, 5.41) is 3.12. The van der Waals surface area contributed by atoms with Gasteiger partial charge in [0.15, 0.2) is 5.13 Å². The third kappa shape index (κ3) is 3.43. The third-order valence-corrected chi connectivity index (χ3v) is 5.73. The largest absolute Gasteiger partial charge is 0.346 e. The molecule has 122 valence electrons. The smallest absolute Gasteiger partial charge is 0.237 e. The second-order valence-corrected chi connectivity index (χ2v) is 7.38. The number of likely N-dealkylation sites (tertiary alicyclic amines) is 1. The maximum absolute atomic E-state index is 12.7. The predicted octanol–water partition coefficient (Wildman–Crippen LogP) is 2.05. The Kier molecular flexibility index (Phi) is 4.98. The molecule has 2 saturated heterocycles. The Balaban J connectivity index is 1.51. The molecule has 2 aliphatic heterocycles. The van der Waals surface area contributed by atoms with E-state index < -0.39 is 0 Å². The normalized spacial score (nSPS) is 27.2. The lowest BCUT2D eigenvalue weighted by Gasteiger charge is -2.41. The Hall–Kier alpha value is -1.14. The number of hydrogen-bond donors (Lipinski definition) is 0. The van der Waals surface area contributed by atoms with Gasteiger partial charge in [-0.1, -0.05) is 0 Å². The van der Waals surface area contributed by atoms with Gasteiger partial charge in [-0.05, 0) is 33.1 Å². The Morgan fingerprint density at radius 2 is 1.91 bits per heavy atom. The summed E-state index contributed by atoms with van der Waals surface area (Å²) in [4.78, 5) is 23.8. The summed E-state index contributed by atoms with van der Waals surface area (Å²) in [7, 11) is 0. The van der Waals surface area contributed by atoms with Crippen LogP contribution in [0.3, 0.4) is 0 Å². The molecule has 2 fully saturated rings. The summed E-state index contributed by atoms with van der Waals surface area (Å²) in [5.41, 5.74) is 0. The van der Waals surface area contributed by atoms with Crippen LogP contribution in [0, 0.1) is 0 Å². The summed E-state index contributed by atoms with van der Waals surface area (Å²) in [6.45, 7) is 8.77. The minimum Gasteiger partial charge on any atom is -0.346 e. The zero-order chi connectivity index (χ0) is 15.5. The van der Waals surface area contributed by atoms with Crippen molar-refractivity contribution in [3.05, 3.63) is 11.6 Å². The highest BCUT2D eigenvalue weighted by molar-refractivity contribution is 7.13. The quantitative estimate of drug-likeness (QED) is 0.854. The molecule has 2 aliphatic rings. The highest BCUT2D eigenvalue weighted by Gasteiger charge is 2.30. The summed E-state index contributed by atoms with van der Waals surface area (Å²) in [6, 6.07) is 0.792. The number of carbonyl (C=O) groups excluding carboxylic acids is 1. The molecule has 0 bridgehead atoms. The van der Waals surface area contributed by atoms with Crippen LogP contribution in [0.25, 0.3) is 0 Å². The Bertz CT molecular complexity index is 474. The van der Waals surface area contributed by atoms with Gasteiger partial charge in [-0.25, -0.2) is 4.98 Å². The fraction of sp³-hybridized carbons (Fsp3) is 0.750. The lowest BCUT2D eigenvalue weighted by atomic mass is 9.97. The van der Waals surface area contributed by atoms with E-state index in [-0.39, 0.29) is 0 Å². The SMILES string of the molecule is CC1CCCC(C)N1C(=O)CN1CCN(c2nccs2)CC1. The van der Waals surface area contributed by atoms with E-state index in [0.717, 1.165) is 44.2 Å². The molecule has 0 aromatic carbocycles. The maximum Gasteiger partial charge on any atom is 0.237 e. The van der Waals surface area contributed by atoms with Crippen LogP contribution in [-0.2, 0) is 4.79 Å². The topological polar surface area (TPSA) is 39.7 Å². The Morgan fingerprint density at radius 3 is 2.50 bits per heavy atom. The van der Waals surface area contributed by atoms with E-state index in [1.807, 2.05) is 11.6 Å². The van der Waals surface area contributed by atoms with Gasteiger partial charge in [-0.15, -0.1) is 11.3 Å². The first-order valence-corrected chi connectivity index (χ1v) is 9.21. The van der Waals surface area contributed by atoms with Crippen molar-refractivity contribution in [2.75, 3.05) is 37.6 Å². The zero-order valence-electron chi connectivity index (χ0n) is 13.6. The van der Waals surface area contributed by atoms with E-state index in [1.165, 1.54) is 6.42 Å². The van der Waals surface area contributed by atoms with Gasteiger partial charge in [0.05, 0.1) is 6.54 Å². The monoisotopic (exact) mass is 322 g/mol. The fourth-order valence-electron chi connectivity index (χ4n) is 3.66. The van der Waals surface area contributed by atoms with E-state index >= 15 is 0 Å². The van der Waals surface area contributed by atoms with Crippen LogP contribution in [0.5, 0.6) is 0 Å². The average molecular weight is 322 g/mol. The Morgan fingerprint density at radius 1 is 1.23 bits per heavy atom. The van der Waals surface area contributed by atoms with Crippen molar-refractivity contribution >= 4 is 22.4 Å². The molecule has 6 heteroatoms. The molecule has 1 aromatic heterocycles. The molecule has 3 rings (SSSR count). The molecule has 2 unspecified atom stereocenters. The maximum atomic E-state index is 12.7. The number of piperazine rings is 1. The lowest BCUT2D eigenvalue weighted by molar-refractivity contribution is -0.138. The van der Waals surface area contributed by atoms with Crippen molar-refractivity contribution in [2.24, 2.45) is 0 Å². The van der Waals surface area contributed by atoms with E-state index in [0.29, 0.717) is 24.5 Å². The van der Waals surface area contributed by atoms with Gasteiger partial charge >= 0.3 is 0 Å². The van der Waals surface area contributed by atoms with Crippen molar-refractivity contribution in [3.8, 4) is 0 Å². The number of nitrogens with zero attached hydrogens (tertiary/aromatic N) is 4. The van der Waals surface area contributed by atoms with Crippen LogP contribution >= 0.6 is 11.3 Å². The summed E-state index contributed by atoms with van der Waals surface area (Å²) in [5.74, 6) is 0.308. The van der Waals surface area contributed by atoms with E-state index in [1.54, 1.807) is 11.3 Å². The minimum absolute atomic E-state index is 0.308. The molecule has 3 heterocycles. The van der Waals surface area contributed by atoms with E-state index in [9.17, 15) is 4.79 Å². The first-order chi connectivity index (χ1) is 10.6. The number of amides is 1. The number of piperidine rings is 1. The van der Waals surface area contributed by atoms with Crippen molar-refractivity contribution in [1.82, 2.24) is 14.8 Å².